The van der Waals surface area contributed by atoms with Gasteiger partial charge in [0.05, 0.1) is 6.61 Å². The Kier molecular flexibility index (Phi) is 3.82. The molecule has 0 spiro atoms. The highest BCUT2D eigenvalue weighted by molar-refractivity contribution is 5.82. The maximum Gasteiger partial charge on any atom is 0.136 e. The molecular formula is C15H20O2. The fraction of sp³-hybridized carbons (Fsp3) is 0.533. The zero-order valence-corrected chi connectivity index (χ0v) is 10.7. The Morgan fingerprint density at radius 3 is 2.53 bits per heavy atom. The molecule has 1 saturated carbocycles. The lowest BCUT2D eigenvalue weighted by Gasteiger charge is -2.10. The molecule has 0 aliphatic heterocycles. The summed E-state index contributed by atoms with van der Waals surface area (Å²) in [5, 5.41) is 0. The standard InChI is InChI=1S/C15H20O2/c1-11-8-12(2)10-14(9-11)17-7-6-13-4-3-5-15(13)16/h8-10,13H,3-7H2,1-2H3. The average Bonchev–Trinajstić information content (AvgIpc) is 2.63. The van der Waals surface area contributed by atoms with Crippen LogP contribution in [0.5, 0.6) is 5.75 Å². The summed E-state index contributed by atoms with van der Waals surface area (Å²) in [6, 6.07) is 6.22. The zero-order valence-electron chi connectivity index (χ0n) is 10.7. The minimum Gasteiger partial charge on any atom is -0.494 e. The van der Waals surface area contributed by atoms with E-state index in [2.05, 4.69) is 19.9 Å². The number of carbonyl (C=O) groups excluding carboxylic acids is 1. The predicted molar refractivity (Wildman–Crippen MR) is 68.4 cm³/mol. The van der Waals surface area contributed by atoms with E-state index in [9.17, 15) is 4.79 Å². The smallest absolute Gasteiger partial charge is 0.136 e. The first-order valence-corrected chi connectivity index (χ1v) is 6.39. The maximum atomic E-state index is 11.5. The van der Waals surface area contributed by atoms with Gasteiger partial charge in [-0.15, -0.1) is 0 Å². The Morgan fingerprint density at radius 1 is 1.24 bits per heavy atom. The Morgan fingerprint density at radius 2 is 1.94 bits per heavy atom. The summed E-state index contributed by atoms with van der Waals surface area (Å²) >= 11 is 0. The van der Waals surface area contributed by atoms with Crippen molar-refractivity contribution in [1.82, 2.24) is 0 Å². The van der Waals surface area contributed by atoms with Gasteiger partial charge in [-0.1, -0.05) is 6.07 Å². The van der Waals surface area contributed by atoms with Crippen molar-refractivity contribution < 1.29 is 9.53 Å². The first-order chi connectivity index (χ1) is 8.15. The summed E-state index contributed by atoms with van der Waals surface area (Å²) in [7, 11) is 0. The number of ether oxygens (including phenoxy) is 1. The summed E-state index contributed by atoms with van der Waals surface area (Å²) in [4.78, 5) is 11.5. The van der Waals surface area contributed by atoms with Gasteiger partial charge in [0, 0.05) is 12.3 Å². The van der Waals surface area contributed by atoms with Crippen LogP contribution in [0.3, 0.4) is 0 Å². The van der Waals surface area contributed by atoms with Gasteiger partial charge in [0.2, 0.25) is 0 Å². The molecule has 92 valence electrons. The molecule has 1 aromatic carbocycles. The number of hydrogen-bond acceptors (Lipinski definition) is 2. The van der Waals surface area contributed by atoms with Crippen LogP contribution in [0.25, 0.3) is 0 Å². The third kappa shape index (κ3) is 3.32. The predicted octanol–water partition coefficient (Wildman–Crippen LogP) is 3.44. The molecule has 0 radical (unpaired) electrons. The van der Waals surface area contributed by atoms with Crippen LogP contribution in [-0.4, -0.2) is 12.4 Å². The first-order valence-electron chi connectivity index (χ1n) is 6.39. The molecule has 2 nitrogen and oxygen atoms in total. The number of benzene rings is 1. The van der Waals surface area contributed by atoms with Crippen LogP contribution in [-0.2, 0) is 4.79 Å². The molecule has 1 unspecified atom stereocenters. The summed E-state index contributed by atoms with van der Waals surface area (Å²) in [6.45, 7) is 4.79. The van der Waals surface area contributed by atoms with Gasteiger partial charge >= 0.3 is 0 Å². The monoisotopic (exact) mass is 232 g/mol. The van der Waals surface area contributed by atoms with Crippen molar-refractivity contribution in [2.45, 2.75) is 39.5 Å². The topological polar surface area (TPSA) is 26.3 Å². The summed E-state index contributed by atoms with van der Waals surface area (Å²) in [5.41, 5.74) is 2.44. The second-order valence-electron chi connectivity index (χ2n) is 5.02. The van der Waals surface area contributed by atoms with Crippen LogP contribution in [0.4, 0.5) is 0 Å². The van der Waals surface area contributed by atoms with Crippen LogP contribution in [0.15, 0.2) is 18.2 Å². The molecule has 1 aliphatic carbocycles. The second kappa shape index (κ2) is 5.35. The summed E-state index contributed by atoms with van der Waals surface area (Å²) < 4.78 is 5.73. The van der Waals surface area contributed by atoms with E-state index in [0.717, 1.165) is 31.4 Å². The van der Waals surface area contributed by atoms with E-state index in [1.165, 1.54) is 11.1 Å². The Balaban J connectivity index is 1.83. The van der Waals surface area contributed by atoms with Crippen LogP contribution < -0.4 is 4.74 Å². The van der Waals surface area contributed by atoms with Gasteiger partial charge in [-0.3, -0.25) is 4.79 Å². The lowest BCUT2D eigenvalue weighted by atomic mass is 10.0. The van der Waals surface area contributed by atoms with Gasteiger partial charge in [-0.25, -0.2) is 0 Å². The number of aryl methyl sites for hydroxylation is 2. The molecule has 2 rings (SSSR count). The Hall–Kier alpha value is -1.31. The van der Waals surface area contributed by atoms with E-state index in [1.807, 2.05) is 12.1 Å². The number of hydrogen-bond donors (Lipinski definition) is 0. The van der Waals surface area contributed by atoms with Gasteiger partial charge in [0.25, 0.3) is 0 Å². The molecule has 1 fully saturated rings. The third-order valence-corrected chi connectivity index (χ3v) is 3.36. The Bertz CT molecular complexity index is 389. The minimum atomic E-state index is 0.251. The van der Waals surface area contributed by atoms with Crippen LogP contribution in [0.2, 0.25) is 0 Å². The number of rotatable bonds is 4. The highest BCUT2D eigenvalue weighted by Gasteiger charge is 2.23. The fourth-order valence-electron chi connectivity index (χ4n) is 2.53. The van der Waals surface area contributed by atoms with Gasteiger partial charge in [-0.05, 0) is 56.4 Å². The summed E-state index contributed by atoms with van der Waals surface area (Å²) in [5.74, 6) is 1.60. The van der Waals surface area contributed by atoms with E-state index in [-0.39, 0.29) is 5.92 Å². The van der Waals surface area contributed by atoms with E-state index in [4.69, 9.17) is 4.74 Å². The van der Waals surface area contributed by atoms with Crippen molar-refractivity contribution in [2.24, 2.45) is 5.92 Å². The molecule has 1 atom stereocenters. The first kappa shape index (κ1) is 12.2. The quantitative estimate of drug-likeness (QED) is 0.795. The van der Waals surface area contributed by atoms with Crippen molar-refractivity contribution in [3.05, 3.63) is 29.3 Å². The molecule has 2 heteroatoms. The van der Waals surface area contributed by atoms with Crippen LogP contribution in [0, 0.1) is 19.8 Å². The lowest BCUT2D eigenvalue weighted by Crippen LogP contribution is -2.11. The van der Waals surface area contributed by atoms with E-state index in [1.54, 1.807) is 0 Å². The highest BCUT2D eigenvalue weighted by atomic mass is 16.5. The van der Waals surface area contributed by atoms with Crippen molar-refractivity contribution in [3.63, 3.8) is 0 Å². The van der Waals surface area contributed by atoms with E-state index >= 15 is 0 Å². The highest BCUT2D eigenvalue weighted by Crippen LogP contribution is 2.24. The third-order valence-electron chi connectivity index (χ3n) is 3.36. The molecule has 1 aliphatic rings. The number of ketones is 1. The van der Waals surface area contributed by atoms with Gasteiger partial charge in [0.1, 0.15) is 11.5 Å². The zero-order chi connectivity index (χ0) is 12.3. The lowest BCUT2D eigenvalue weighted by molar-refractivity contribution is -0.121. The Labute approximate surface area is 103 Å². The van der Waals surface area contributed by atoms with E-state index < -0.39 is 0 Å². The molecule has 0 N–H and O–H groups in total. The normalized spacial score (nSPS) is 19.6. The molecule has 0 bridgehead atoms. The molecular weight excluding hydrogens is 212 g/mol. The van der Waals surface area contributed by atoms with Crippen molar-refractivity contribution in [2.75, 3.05) is 6.61 Å². The second-order valence-corrected chi connectivity index (χ2v) is 5.02. The van der Waals surface area contributed by atoms with Crippen LogP contribution in [0.1, 0.15) is 36.8 Å². The number of Topliss-reactive ketones (excluding diaryl/α,β-unsaturated/α-hetero) is 1. The van der Waals surface area contributed by atoms with Gasteiger partial charge in [-0.2, -0.15) is 0 Å². The summed E-state index contributed by atoms with van der Waals surface area (Å²) in [6.07, 6.45) is 3.75. The number of carbonyl (C=O) groups is 1. The molecule has 1 aromatic rings. The van der Waals surface area contributed by atoms with Crippen LogP contribution >= 0.6 is 0 Å². The SMILES string of the molecule is Cc1cc(C)cc(OCCC2CCCC2=O)c1. The average molecular weight is 232 g/mol. The van der Waals surface area contributed by atoms with Crippen molar-refractivity contribution in [3.8, 4) is 5.75 Å². The molecule has 0 saturated heterocycles. The molecule has 17 heavy (non-hydrogen) atoms. The molecule has 0 heterocycles. The van der Waals surface area contributed by atoms with Gasteiger partial charge in [0.15, 0.2) is 0 Å². The fourth-order valence-corrected chi connectivity index (χ4v) is 2.53. The van der Waals surface area contributed by atoms with Crippen molar-refractivity contribution >= 4 is 5.78 Å². The molecule has 0 amide bonds. The maximum absolute atomic E-state index is 11.5. The van der Waals surface area contributed by atoms with Crippen molar-refractivity contribution in [1.29, 1.82) is 0 Å². The minimum absolute atomic E-state index is 0.251. The van der Waals surface area contributed by atoms with E-state index in [0.29, 0.717) is 12.4 Å². The molecule has 0 aromatic heterocycles. The van der Waals surface area contributed by atoms with Gasteiger partial charge < -0.3 is 4.74 Å². The largest absolute Gasteiger partial charge is 0.494 e.